The highest BCUT2D eigenvalue weighted by Gasteiger charge is 2.35. The van der Waals surface area contributed by atoms with E-state index >= 15 is 0 Å². The van der Waals surface area contributed by atoms with Gasteiger partial charge in [-0.1, -0.05) is 25.4 Å². The predicted octanol–water partition coefficient (Wildman–Crippen LogP) is 4.80. The van der Waals surface area contributed by atoms with Crippen LogP contribution in [0.3, 0.4) is 0 Å². The fourth-order valence-corrected chi connectivity index (χ4v) is 3.10. The quantitative estimate of drug-likeness (QED) is 0.864. The van der Waals surface area contributed by atoms with Crippen molar-refractivity contribution in [1.29, 1.82) is 0 Å². The Bertz CT molecular complexity index is 508. The monoisotopic (exact) mass is 295 g/mol. The van der Waals surface area contributed by atoms with Crippen LogP contribution in [0.25, 0.3) is 0 Å². The molecule has 0 radical (unpaired) electrons. The molecule has 1 heterocycles. The average molecular weight is 296 g/mol. The molecule has 1 aliphatic rings. The molecule has 0 fully saturated rings. The summed E-state index contributed by atoms with van der Waals surface area (Å²) in [5, 5.41) is 4.55. The van der Waals surface area contributed by atoms with Crippen molar-refractivity contribution in [3.63, 3.8) is 0 Å². The Morgan fingerprint density at radius 3 is 2.65 bits per heavy atom. The molecular formula is C17H26ClNO. The third-order valence-electron chi connectivity index (χ3n) is 3.90. The van der Waals surface area contributed by atoms with E-state index in [-0.39, 0.29) is 5.60 Å². The number of nitrogens with one attached hydrogen (secondary N) is 1. The summed E-state index contributed by atoms with van der Waals surface area (Å²) in [5.41, 5.74) is 3.33. The van der Waals surface area contributed by atoms with Crippen LogP contribution in [-0.2, 0) is 0 Å². The number of halogens is 1. The van der Waals surface area contributed by atoms with E-state index in [1.807, 2.05) is 6.92 Å². The smallest absolute Gasteiger partial charge is 0.125 e. The number of aryl methyl sites for hydroxylation is 1. The number of hydrogen-bond donors (Lipinski definition) is 1. The molecule has 2 nitrogen and oxygen atoms in total. The lowest BCUT2D eigenvalue weighted by molar-refractivity contribution is 0.0651. The van der Waals surface area contributed by atoms with Crippen molar-refractivity contribution in [2.24, 2.45) is 5.92 Å². The van der Waals surface area contributed by atoms with Gasteiger partial charge in [-0.2, -0.15) is 0 Å². The maximum atomic E-state index is 6.43. The molecular weight excluding hydrogens is 270 g/mol. The van der Waals surface area contributed by atoms with Gasteiger partial charge in [0, 0.05) is 23.0 Å². The average Bonchev–Trinajstić information content (AvgIpc) is 2.31. The third kappa shape index (κ3) is 3.12. The Kier molecular flexibility index (Phi) is 4.36. The minimum Gasteiger partial charge on any atom is -0.487 e. The zero-order valence-corrected chi connectivity index (χ0v) is 14.2. The van der Waals surface area contributed by atoms with Crippen molar-refractivity contribution < 1.29 is 4.74 Å². The van der Waals surface area contributed by atoms with E-state index in [0.717, 1.165) is 34.9 Å². The van der Waals surface area contributed by atoms with Gasteiger partial charge in [-0.3, -0.25) is 0 Å². The molecule has 0 saturated carbocycles. The van der Waals surface area contributed by atoms with Crippen molar-refractivity contribution in [1.82, 2.24) is 5.32 Å². The molecule has 0 spiro atoms. The number of rotatable bonds is 3. The van der Waals surface area contributed by atoms with Gasteiger partial charge >= 0.3 is 0 Å². The van der Waals surface area contributed by atoms with Crippen LogP contribution in [-0.4, -0.2) is 12.1 Å². The Hall–Kier alpha value is -0.730. The van der Waals surface area contributed by atoms with E-state index in [2.05, 4.69) is 46.0 Å². The first-order chi connectivity index (χ1) is 9.21. The standard InChI is InChI=1S/C17H26ClNO/c1-10(2)9-19-13-8-17(5,6)20-14-7-11(3)16(18)12(4)15(13)14/h7,10,13,19H,8-9H2,1-6H3. The molecule has 1 aliphatic heterocycles. The van der Waals surface area contributed by atoms with Crippen molar-refractivity contribution >= 4 is 11.6 Å². The topological polar surface area (TPSA) is 21.3 Å². The summed E-state index contributed by atoms with van der Waals surface area (Å²) in [7, 11) is 0. The molecule has 112 valence electrons. The lowest BCUT2D eigenvalue weighted by Gasteiger charge is -2.39. The summed E-state index contributed by atoms with van der Waals surface area (Å²) in [4.78, 5) is 0. The first-order valence-electron chi connectivity index (χ1n) is 7.43. The third-order valence-corrected chi connectivity index (χ3v) is 4.48. The molecule has 0 aromatic heterocycles. The van der Waals surface area contributed by atoms with Gasteiger partial charge in [0.05, 0.1) is 0 Å². The molecule has 2 rings (SSSR count). The van der Waals surface area contributed by atoms with Gasteiger partial charge < -0.3 is 10.1 Å². The lowest BCUT2D eigenvalue weighted by atomic mass is 9.86. The highest BCUT2D eigenvalue weighted by Crippen LogP contribution is 2.44. The molecule has 1 atom stereocenters. The van der Waals surface area contributed by atoms with Crippen LogP contribution < -0.4 is 10.1 Å². The molecule has 0 aliphatic carbocycles. The summed E-state index contributed by atoms with van der Waals surface area (Å²) >= 11 is 6.43. The summed E-state index contributed by atoms with van der Waals surface area (Å²) in [6.07, 6.45) is 0.965. The zero-order chi connectivity index (χ0) is 15.1. The van der Waals surface area contributed by atoms with E-state index in [9.17, 15) is 0 Å². The van der Waals surface area contributed by atoms with Gasteiger partial charge in [-0.15, -0.1) is 0 Å². The van der Waals surface area contributed by atoms with E-state index in [4.69, 9.17) is 16.3 Å². The van der Waals surface area contributed by atoms with E-state index in [1.54, 1.807) is 0 Å². The van der Waals surface area contributed by atoms with Crippen LogP contribution in [0.4, 0.5) is 0 Å². The molecule has 1 aromatic carbocycles. The largest absolute Gasteiger partial charge is 0.487 e. The molecule has 1 N–H and O–H groups in total. The van der Waals surface area contributed by atoms with E-state index in [0.29, 0.717) is 12.0 Å². The van der Waals surface area contributed by atoms with Gasteiger partial charge in [0.2, 0.25) is 0 Å². The van der Waals surface area contributed by atoms with Crippen LogP contribution in [0.15, 0.2) is 6.07 Å². The Labute approximate surface area is 127 Å². The highest BCUT2D eigenvalue weighted by molar-refractivity contribution is 6.32. The van der Waals surface area contributed by atoms with Gasteiger partial charge in [0.1, 0.15) is 11.4 Å². The van der Waals surface area contributed by atoms with Crippen molar-refractivity contribution in [2.75, 3.05) is 6.54 Å². The minimum atomic E-state index is -0.144. The van der Waals surface area contributed by atoms with Gasteiger partial charge in [0.25, 0.3) is 0 Å². The Balaban J connectivity index is 2.43. The maximum Gasteiger partial charge on any atom is 0.125 e. The molecule has 0 saturated heterocycles. The summed E-state index contributed by atoms with van der Waals surface area (Å²) in [6.45, 7) is 13.9. The highest BCUT2D eigenvalue weighted by atomic mass is 35.5. The summed E-state index contributed by atoms with van der Waals surface area (Å²) in [6, 6.07) is 2.39. The van der Waals surface area contributed by atoms with Crippen LogP contribution >= 0.6 is 11.6 Å². The number of benzene rings is 1. The summed E-state index contributed by atoms with van der Waals surface area (Å²) < 4.78 is 6.17. The fourth-order valence-electron chi connectivity index (χ4n) is 2.94. The second-order valence-electron chi connectivity index (χ2n) is 6.96. The summed E-state index contributed by atoms with van der Waals surface area (Å²) in [5.74, 6) is 1.62. The normalized spacial score (nSPS) is 20.7. The maximum absolute atomic E-state index is 6.43. The molecule has 1 aromatic rings. The molecule has 1 unspecified atom stereocenters. The Morgan fingerprint density at radius 2 is 2.05 bits per heavy atom. The van der Waals surface area contributed by atoms with E-state index in [1.165, 1.54) is 5.56 Å². The first kappa shape index (κ1) is 15.7. The zero-order valence-electron chi connectivity index (χ0n) is 13.4. The predicted molar refractivity (Wildman–Crippen MR) is 85.8 cm³/mol. The molecule has 0 amide bonds. The fraction of sp³-hybridized carbons (Fsp3) is 0.647. The molecule has 20 heavy (non-hydrogen) atoms. The molecule has 3 heteroatoms. The van der Waals surface area contributed by atoms with Crippen LogP contribution in [0.5, 0.6) is 5.75 Å². The Morgan fingerprint density at radius 1 is 1.40 bits per heavy atom. The van der Waals surface area contributed by atoms with Crippen molar-refractivity contribution in [2.45, 2.75) is 59.6 Å². The first-order valence-corrected chi connectivity index (χ1v) is 7.81. The second kappa shape index (κ2) is 5.57. The van der Waals surface area contributed by atoms with E-state index < -0.39 is 0 Å². The number of ether oxygens (including phenoxy) is 1. The van der Waals surface area contributed by atoms with Gasteiger partial charge in [-0.05, 0) is 57.4 Å². The van der Waals surface area contributed by atoms with Crippen LogP contribution in [0.1, 0.15) is 56.8 Å². The van der Waals surface area contributed by atoms with Crippen LogP contribution in [0, 0.1) is 19.8 Å². The van der Waals surface area contributed by atoms with Crippen molar-refractivity contribution in [3.05, 3.63) is 27.8 Å². The number of hydrogen-bond acceptors (Lipinski definition) is 2. The number of fused-ring (bicyclic) bond motifs is 1. The van der Waals surface area contributed by atoms with Gasteiger partial charge in [-0.25, -0.2) is 0 Å². The van der Waals surface area contributed by atoms with Crippen molar-refractivity contribution in [3.8, 4) is 5.75 Å². The molecule has 0 bridgehead atoms. The van der Waals surface area contributed by atoms with Gasteiger partial charge in [0.15, 0.2) is 0 Å². The second-order valence-corrected chi connectivity index (χ2v) is 7.34. The SMILES string of the molecule is Cc1cc2c(c(C)c1Cl)C(NCC(C)C)CC(C)(C)O2. The van der Waals surface area contributed by atoms with Crippen LogP contribution in [0.2, 0.25) is 5.02 Å². The minimum absolute atomic E-state index is 0.144. The lowest BCUT2D eigenvalue weighted by Crippen LogP contribution is -2.40.